The maximum Gasteiger partial charge on any atom is 0.192 e. The first-order valence-electron chi connectivity index (χ1n) is 9.44. The van der Waals surface area contributed by atoms with Crippen LogP contribution in [0.4, 0.5) is 0 Å². The first-order chi connectivity index (χ1) is 10.5. The van der Waals surface area contributed by atoms with Gasteiger partial charge in [0.25, 0.3) is 0 Å². The van der Waals surface area contributed by atoms with Crippen molar-refractivity contribution in [1.82, 2.24) is 0 Å². The Morgan fingerprint density at radius 1 is 1.35 bits per heavy atom. The van der Waals surface area contributed by atoms with Crippen molar-refractivity contribution >= 4 is 8.32 Å². The van der Waals surface area contributed by atoms with Crippen molar-refractivity contribution in [2.75, 3.05) is 6.61 Å². The molecule has 1 nitrogen and oxygen atoms in total. The van der Waals surface area contributed by atoms with Crippen LogP contribution in [0.15, 0.2) is 23.8 Å². The number of allylic oxidation sites excluding steroid dienone is 2. The maximum atomic E-state index is 6.41. The van der Waals surface area contributed by atoms with Gasteiger partial charge in [-0.1, -0.05) is 45.9 Å². The molecule has 2 heteroatoms. The van der Waals surface area contributed by atoms with Crippen LogP contribution in [0.5, 0.6) is 0 Å². The molecule has 0 N–H and O–H groups in total. The molecule has 0 aliphatic heterocycles. The van der Waals surface area contributed by atoms with Crippen molar-refractivity contribution in [2.24, 2.45) is 17.3 Å². The molecule has 0 radical (unpaired) electrons. The molecule has 2 rings (SSSR count). The van der Waals surface area contributed by atoms with Crippen LogP contribution >= 0.6 is 0 Å². The summed E-state index contributed by atoms with van der Waals surface area (Å²) in [6.45, 7) is 21.5. The summed E-state index contributed by atoms with van der Waals surface area (Å²) >= 11 is 0. The van der Waals surface area contributed by atoms with Gasteiger partial charge in [0.1, 0.15) is 0 Å². The Bertz CT molecular complexity index is 483. The van der Waals surface area contributed by atoms with E-state index >= 15 is 0 Å². The lowest BCUT2D eigenvalue weighted by atomic mass is 9.51. The molecule has 0 amide bonds. The molecule has 1 fully saturated rings. The van der Waals surface area contributed by atoms with Crippen molar-refractivity contribution in [2.45, 2.75) is 84.9 Å². The largest absolute Gasteiger partial charge is 0.413 e. The molecule has 0 aromatic carbocycles. The lowest BCUT2D eigenvalue weighted by molar-refractivity contribution is 0.00313. The first-order valence-corrected chi connectivity index (χ1v) is 12.4. The molecule has 0 bridgehead atoms. The van der Waals surface area contributed by atoms with Gasteiger partial charge in [-0.25, -0.2) is 0 Å². The normalized spacial score (nSPS) is 32.2. The van der Waals surface area contributed by atoms with Crippen molar-refractivity contribution in [3.63, 3.8) is 0 Å². The molecule has 3 atom stereocenters. The summed E-state index contributed by atoms with van der Waals surface area (Å²) < 4.78 is 6.41. The number of rotatable bonds is 5. The van der Waals surface area contributed by atoms with Crippen molar-refractivity contribution < 1.29 is 4.43 Å². The van der Waals surface area contributed by atoms with Gasteiger partial charge in [0.05, 0.1) is 6.61 Å². The Kier molecular flexibility index (Phi) is 5.38. The summed E-state index contributed by atoms with van der Waals surface area (Å²) in [6.07, 6.45) is 9.06. The standard InChI is InChI=1S/C21H38OSi/c1-16(2)19-13-14-21(19,6)18-11-9-17(10-12-18)15-22-23(7,8)20(3,4)5/h9,18-19H,1,10-15H2,2-8H3/t18-,19-,21-/m0/s1. The van der Waals surface area contributed by atoms with E-state index in [0.717, 1.165) is 18.4 Å². The van der Waals surface area contributed by atoms with Gasteiger partial charge in [0.15, 0.2) is 8.32 Å². The molecule has 23 heavy (non-hydrogen) atoms. The zero-order chi connectivity index (χ0) is 17.5. The SMILES string of the molecule is C=C(C)[C@@H]1CC[C@@]1(C)[C@H]1CC=C(CO[Si](C)(C)C(C)(C)C)CC1. The van der Waals surface area contributed by atoms with Crippen LogP contribution in [-0.2, 0) is 4.43 Å². The second kappa shape index (κ2) is 6.52. The molecule has 132 valence electrons. The second-order valence-corrected chi connectivity index (χ2v) is 14.6. The predicted molar refractivity (Wildman–Crippen MR) is 104 cm³/mol. The van der Waals surface area contributed by atoms with Gasteiger partial charge < -0.3 is 4.43 Å². The molecule has 0 spiro atoms. The molecule has 2 aliphatic carbocycles. The fourth-order valence-electron chi connectivity index (χ4n) is 4.15. The van der Waals surface area contributed by atoms with Crippen LogP contribution in [0.25, 0.3) is 0 Å². The van der Waals surface area contributed by atoms with E-state index in [0.29, 0.717) is 10.5 Å². The van der Waals surface area contributed by atoms with Gasteiger partial charge in [-0.15, -0.1) is 0 Å². The maximum absolute atomic E-state index is 6.41. The van der Waals surface area contributed by atoms with Gasteiger partial charge in [-0.3, -0.25) is 0 Å². The minimum absolute atomic E-state index is 0.304. The lowest BCUT2D eigenvalue weighted by Gasteiger charge is -2.53. The van der Waals surface area contributed by atoms with E-state index in [9.17, 15) is 0 Å². The Labute approximate surface area is 145 Å². The Balaban J connectivity index is 1.91. The van der Waals surface area contributed by atoms with E-state index in [1.807, 2.05) is 0 Å². The van der Waals surface area contributed by atoms with Crippen LogP contribution in [-0.4, -0.2) is 14.9 Å². The highest BCUT2D eigenvalue weighted by Gasteiger charge is 2.48. The topological polar surface area (TPSA) is 9.23 Å². The first kappa shape index (κ1) is 19.0. The summed E-state index contributed by atoms with van der Waals surface area (Å²) in [6, 6.07) is 0. The highest BCUT2D eigenvalue weighted by molar-refractivity contribution is 6.74. The Morgan fingerprint density at radius 2 is 2.00 bits per heavy atom. The minimum Gasteiger partial charge on any atom is -0.413 e. The van der Waals surface area contributed by atoms with Crippen LogP contribution in [0.2, 0.25) is 18.1 Å². The Hall–Kier alpha value is -0.343. The average Bonchev–Trinajstić information content (AvgIpc) is 2.42. The predicted octanol–water partition coefficient (Wildman–Crippen LogP) is 6.73. The summed E-state index contributed by atoms with van der Waals surface area (Å²) in [5.74, 6) is 1.60. The van der Waals surface area contributed by atoms with Gasteiger partial charge in [0.2, 0.25) is 0 Å². The third kappa shape index (κ3) is 3.84. The van der Waals surface area contributed by atoms with E-state index < -0.39 is 8.32 Å². The monoisotopic (exact) mass is 334 g/mol. The van der Waals surface area contributed by atoms with E-state index in [-0.39, 0.29) is 0 Å². The zero-order valence-electron chi connectivity index (χ0n) is 16.6. The van der Waals surface area contributed by atoms with Gasteiger partial charge >= 0.3 is 0 Å². The smallest absolute Gasteiger partial charge is 0.192 e. The van der Waals surface area contributed by atoms with E-state index in [4.69, 9.17) is 4.43 Å². The Morgan fingerprint density at radius 3 is 2.39 bits per heavy atom. The summed E-state index contributed by atoms with van der Waals surface area (Å²) in [7, 11) is -1.62. The highest BCUT2D eigenvalue weighted by Crippen LogP contribution is 2.57. The molecule has 0 unspecified atom stereocenters. The molecular weight excluding hydrogens is 296 g/mol. The molecule has 1 saturated carbocycles. The van der Waals surface area contributed by atoms with Gasteiger partial charge in [-0.05, 0) is 80.0 Å². The average molecular weight is 335 g/mol. The third-order valence-corrected chi connectivity index (χ3v) is 11.7. The molecule has 0 heterocycles. The van der Waals surface area contributed by atoms with E-state index in [1.54, 1.807) is 5.57 Å². The number of hydrogen-bond donors (Lipinski definition) is 0. The molecule has 0 aromatic heterocycles. The van der Waals surface area contributed by atoms with Gasteiger partial charge in [-0.2, -0.15) is 0 Å². The second-order valence-electron chi connectivity index (χ2n) is 9.83. The van der Waals surface area contributed by atoms with E-state index in [1.165, 1.54) is 37.7 Å². The van der Waals surface area contributed by atoms with Crippen molar-refractivity contribution in [3.05, 3.63) is 23.8 Å². The molecule has 0 aromatic rings. The highest BCUT2D eigenvalue weighted by atomic mass is 28.4. The lowest BCUT2D eigenvalue weighted by Crippen LogP contribution is -2.45. The molecular formula is C21H38OSi. The van der Waals surface area contributed by atoms with Crippen molar-refractivity contribution in [3.8, 4) is 0 Å². The van der Waals surface area contributed by atoms with Crippen molar-refractivity contribution in [1.29, 1.82) is 0 Å². The third-order valence-electron chi connectivity index (χ3n) is 7.22. The molecule has 2 aliphatic rings. The molecule has 0 saturated heterocycles. The van der Waals surface area contributed by atoms with Gasteiger partial charge in [0, 0.05) is 0 Å². The quantitative estimate of drug-likeness (QED) is 0.400. The fourth-order valence-corrected chi connectivity index (χ4v) is 5.13. The fraction of sp³-hybridized carbons (Fsp3) is 0.810. The van der Waals surface area contributed by atoms with E-state index in [2.05, 4.69) is 60.4 Å². The summed E-state index contributed by atoms with van der Waals surface area (Å²) in [4.78, 5) is 0. The number of hydrogen-bond acceptors (Lipinski definition) is 1. The minimum atomic E-state index is -1.62. The summed E-state index contributed by atoms with van der Waals surface area (Å²) in [5, 5.41) is 0.304. The summed E-state index contributed by atoms with van der Waals surface area (Å²) in [5.41, 5.74) is 3.45. The zero-order valence-corrected chi connectivity index (χ0v) is 17.6. The van der Waals surface area contributed by atoms with Crippen LogP contribution in [0, 0.1) is 17.3 Å². The van der Waals surface area contributed by atoms with Crippen LogP contribution < -0.4 is 0 Å². The van der Waals surface area contributed by atoms with Crippen LogP contribution in [0.3, 0.4) is 0 Å². The van der Waals surface area contributed by atoms with Crippen LogP contribution in [0.1, 0.15) is 66.7 Å².